The van der Waals surface area contributed by atoms with Gasteiger partial charge in [-0.2, -0.15) is 0 Å². The van der Waals surface area contributed by atoms with Gasteiger partial charge in [0.05, 0.1) is 19.6 Å². The van der Waals surface area contributed by atoms with Crippen molar-refractivity contribution < 1.29 is 9.47 Å². The molecule has 2 nitrogen and oxygen atoms in total. The van der Waals surface area contributed by atoms with E-state index in [1.54, 1.807) is 14.2 Å². The average Bonchev–Trinajstić information content (AvgIpc) is 2.48. The summed E-state index contributed by atoms with van der Waals surface area (Å²) in [6.45, 7) is 0. The Bertz CT molecular complexity index is 664. The fourth-order valence-corrected chi connectivity index (χ4v) is 4.24. The standard InChI is InChI=1S/C15H12Br2ClIO2/c1-20-12-6-4-9(15(21-2)13(12)17)14(18)10-7-8(16)3-5-11(10)19/h3-7,14H,1-2H3. The van der Waals surface area contributed by atoms with Crippen LogP contribution in [-0.4, -0.2) is 14.2 Å². The maximum absolute atomic E-state index is 6.69. The van der Waals surface area contributed by atoms with Gasteiger partial charge in [0.2, 0.25) is 0 Å². The number of methoxy groups -OCH3 is 2. The summed E-state index contributed by atoms with van der Waals surface area (Å²) in [5, 5.41) is -0.313. The van der Waals surface area contributed by atoms with Crippen molar-refractivity contribution in [2.24, 2.45) is 0 Å². The summed E-state index contributed by atoms with van der Waals surface area (Å²) in [6.07, 6.45) is 0. The molecule has 112 valence electrons. The Morgan fingerprint density at radius 3 is 2.38 bits per heavy atom. The van der Waals surface area contributed by atoms with Crippen molar-refractivity contribution in [2.75, 3.05) is 14.2 Å². The molecule has 0 aliphatic carbocycles. The summed E-state index contributed by atoms with van der Waals surface area (Å²) in [6, 6.07) is 9.85. The molecule has 1 unspecified atom stereocenters. The number of hydrogen-bond donors (Lipinski definition) is 0. The average molecular weight is 546 g/mol. The molecule has 2 aromatic rings. The molecule has 0 bridgehead atoms. The molecule has 0 heterocycles. The minimum atomic E-state index is -0.313. The second-order valence-electron chi connectivity index (χ2n) is 4.23. The smallest absolute Gasteiger partial charge is 0.141 e. The second kappa shape index (κ2) is 7.53. The Hall–Kier alpha value is 0.0200. The van der Waals surface area contributed by atoms with Crippen LogP contribution >= 0.6 is 66.1 Å². The molecule has 21 heavy (non-hydrogen) atoms. The number of benzene rings is 2. The highest BCUT2D eigenvalue weighted by atomic mass is 127. The van der Waals surface area contributed by atoms with E-state index in [2.05, 4.69) is 54.5 Å². The lowest BCUT2D eigenvalue weighted by atomic mass is 10.0. The Kier molecular flexibility index (Phi) is 6.23. The minimum absolute atomic E-state index is 0.313. The van der Waals surface area contributed by atoms with Gasteiger partial charge in [0, 0.05) is 13.6 Å². The highest BCUT2D eigenvalue weighted by molar-refractivity contribution is 14.1. The molecule has 0 amide bonds. The topological polar surface area (TPSA) is 18.5 Å². The zero-order valence-electron chi connectivity index (χ0n) is 11.3. The van der Waals surface area contributed by atoms with Gasteiger partial charge in [-0.1, -0.05) is 15.9 Å². The molecule has 0 saturated carbocycles. The summed E-state index contributed by atoms with van der Waals surface area (Å²) in [4.78, 5) is 0. The first-order chi connectivity index (χ1) is 9.99. The molecule has 0 radical (unpaired) electrons. The van der Waals surface area contributed by atoms with Crippen LogP contribution < -0.4 is 9.47 Å². The molecule has 2 rings (SSSR count). The molecule has 0 spiro atoms. The molecule has 6 heteroatoms. The molecule has 2 aromatic carbocycles. The second-order valence-corrected chi connectivity index (χ2v) is 7.54. The predicted molar refractivity (Wildman–Crippen MR) is 102 cm³/mol. The molecular weight excluding hydrogens is 534 g/mol. The van der Waals surface area contributed by atoms with Crippen LogP contribution in [0.2, 0.25) is 0 Å². The van der Waals surface area contributed by atoms with Crippen molar-refractivity contribution >= 4 is 66.1 Å². The molecule has 0 saturated heterocycles. The maximum atomic E-state index is 6.69. The van der Waals surface area contributed by atoms with Crippen LogP contribution in [0.4, 0.5) is 0 Å². The molecule has 0 N–H and O–H groups in total. The minimum Gasteiger partial charge on any atom is -0.495 e. The molecule has 0 fully saturated rings. The zero-order chi connectivity index (χ0) is 15.6. The Morgan fingerprint density at radius 2 is 1.76 bits per heavy atom. The third kappa shape index (κ3) is 3.68. The lowest BCUT2D eigenvalue weighted by Gasteiger charge is -2.18. The Morgan fingerprint density at radius 1 is 1.05 bits per heavy atom. The van der Waals surface area contributed by atoms with Gasteiger partial charge in [0.15, 0.2) is 0 Å². The summed E-state index contributed by atoms with van der Waals surface area (Å²) in [5.41, 5.74) is 1.92. The normalized spacial score (nSPS) is 12.1. The lowest BCUT2D eigenvalue weighted by Crippen LogP contribution is -2.01. The van der Waals surface area contributed by atoms with Crippen LogP contribution in [0.1, 0.15) is 16.5 Å². The van der Waals surface area contributed by atoms with Gasteiger partial charge in [0.1, 0.15) is 16.0 Å². The third-order valence-corrected chi connectivity index (χ3v) is 5.72. The fourth-order valence-electron chi connectivity index (χ4n) is 1.99. The Balaban J connectivity index is 2.55. The first kappa shape index (κ1) is 17.4. The van der Waals surface area contributed by atoms with E-state index in [-0.39, 0.29) is 5.38 Å². The van der Waals surface area contributed by atoms with Crippen molar-refractivity contribution in [3.63, 3.8) is 0 Å². The molecule has 0 aromatic heterocycles. The van der Waals surface area contributed by atoms with E-state index in [0.29, 0.717) is 11.5 Å². The summed E-state index contributed by atoms with van der Waals surface area (Å²) in [7, 11) is 3.24. The van der Waals surface area contributed by atoms with E-state index >= 15 is 0 Å². The van der Waals surface area contributed by atoms with Crippen molar-refractivity contribution in [2.45, 2.75) is 5.38 Å². The fraction of sp³-hybridized carbons (Fsp3) is 0.200. The van der Waals surface area contributed by atoms with Gasteiger partial charge < -0.3 is 9.47 Å². The number of rotatable bonds is 4. The number of alkyl halides is 1. The molecule has 0 aliphatic heterocycles. The van der Waals surface area contributed by atoms with Crippen LogP contribution in [0.25, 0.3) is 0 Å². The van der Waals surface area contributed by atoms with Gasteiger partial charge in [-0.3, -0.25) is 0 Å². The van der Waals surface area contributed by atoms with Crippen molar-refractivity contribution in [1.29, 1.82) is 0 Å². The van der Waals surface area contributed by atoms with E-state index in [1.807, 2.05) is 30.3 Å². The van der Waals surface area contributed by atoms with Gasteiger partial charge in [-0.05, 0) is 74.4 Å². The van der Waals surface area contributed by atoms with E-state index in [9.17, 15) is 0 Å². The van der Waals surface area contributed by atoms with E-state index in [4.69, 9.17) is 21.1 Å². The molecule has 0 aliphatic rings. The number of hydrogen-bond acceptors (Lipinski definition) is 2. The summed E-state index contributed by atoms with van der Waals surface area (Å²) >= 11 is 16.0. The largest absolute Gasteiger partial charge is 0.495 e. The van der Waals surface area contributed by atoms with E-state index < -0.39 is 0 Å². The summed E-state index contributed by atoms with van der Waals surface area (Å²) in [5.74, 6) is 1.40. The van der Waals surface area contributed by atoms with Crippen molar-refractivity contribution in [3.05, 3.63) is 54.0 Å². The summed E-state index contributed by atoms with van der Waals surface area (Å²) < 4.78 is 13.7. The van der Waals surface area contributed by atoms with Gasteiger partial charge in [0.25, 0.3) is 0 Å². The van der Waals surface area contributed by atoms with Crippen LogP contribution in [-0.2, 0) is 0 Å². The lowest BCUT2D eigenvalue weighted by molar-refractivity contribution is 0.386. The maximum Gasteiger partial charge on any atom is 0.141 e. The van der Waals surface area contributed by atoms with Crippen LogP contribution in [0.3, 0.4) is 0 Å². The third-order valence-electron chi connectivity index (χ3n) is 3.02. The highest BCUT2D eigenvalue weighted by Gasteiger charge is 2.22. The van der Waals surface area contributed by atoms with Gasteiger partial charge in [-0.25, -0.2) is 0 Å². The number of halogens is 4. The van der Waals surface area contributed by atoms with Crippen molar-refractivity contribution in [1.82, 2.24) is 0 Å². The SMILES string of the molecule is COc1ccc(C(Cl)c2cc(Br)ccc2I)c(OC)c1Br. The number of ether oxygens (including phenoxy) is 2. The van der Waals surface area contributed by atoms with Gasteiger partial charge in [-0.15, -0.1) is 11.6 Å². The van der Waals surface area contributed by atoms with E-state index in [1.165, 1.54) is 0 Å². The first-order valence-corrected chi connectivity index (χ1v) is 9.09. The zero-order valence-corrected chi connectivity index (χ0v) is 17.4. The first-order valence-electron chi connectivity index (χ1n) is 5.99. The quantitative estimate of drug-likeness (QED) is 0.338. The molecular formula is C15H12Br2ClIO2. The highest BCUT2D eigenvalue weighted by Crippen LogP contribution is 2.44. The van der Waals surface area contributed by atoms with Crippen molar-refractivity contribution in [3.8, 4) is 11.5 Å². The van der Waals surface area contributed by atoms with Gasteiger partial charge >= 0.3 is 0 Å². The van der Waals surface area contributed by atoms with Crippen LogP contribution in [0, 0.1) is 3.57 Å². The van der Waals surface area contributed by atoms with Crippen LogP contribution in [0.5, 0.6) is 11.5 Å². The predicted octanol–water partition coefficient (Wildman–Crippen LogP) is 6.16. The Labute approximate surface area is 159 Å². The van der Waals surface area contributed by atoms with E-state index in [0.717, 1.165) is 23.6 Å². The monoisotopic (exact) mass is 544 g/mol. The molecule has 1 atom stereocenters. The van der Waals surface area contributed by atoms with Crippen LogP contribution in [0.15, 0.2) is 39.3 Å².